The molecule has 0 aromatic heterocycles. The highest BCUT2D eigenvalue weighted by molar-refractivity contribution is 5.74. The van der Waals surface area contributed by atoms with Crippen molar-refractivity contribution >= 4 is 18.4 Å². The average molecular weight is 278 g/mol. The van der Waals surface area contributed by atoms with Gasteiger partial charge in [-0.05, 0) is 60.6 Å². The van der Waals surface area contributed by atoms with Crippen molar-refractivity contribution in [1.82, 2.24) is 0 Å². The van der Waals surface area contributed by atoms with Gasteiger partial charge in [0.2, 0.25) is 0 Å². The zero-order valence-electron chi connectivity index (χ0n) is 13.0. The topological polar surface area (TPSA) is 17.1 Å². The Morgan fingerprint density at radius 3 is 2.24 bits per heavy atom. The lowest BCUT2D eigenvalue weighted by Gasteiger charge is -2.08. The summed E-state index contributed by atoms with van der Waals surface area (Å²) in [7, 11) is 0. The zero-order valence-corrected chi connectivity index (χ0v) is 13.0. The molecular weight excluding hydrogens is 256 g/mol. The normalized spacial score (nSPS) is 11.0. The first kappa shape index (κ1) is 15.2. The van der Waals surface area contributed by atoms with Crippen molar-refractivity contribution in [2.24, 2.45) is 0 Å². The lowest BCUT2D eigenvalue weighted by Crippen LogP contribution is -1.93. The standard InChI is InChI=1S/C20H22O/c1-15-7-4-8-16(2)20(15)13-12-19-10-5-9-18(17(19)3)11-6-14-21/h4-5,7-10,12-14H,6,11H2,1-3H3. The van der Waals surface area contributed by atoms with Crippen LogP contribution in [0.4, 0.5) is 0 Å². The molecule has 0 radical (unpaired) electrons. The molecule has 0 saturated heterocycles. The van der Waals surface area contributed by atoms with E-state index in [1.165, 1.54) is 33.4 Å². The number of benzene rings is 2. The average Bonchev–Trinajstić information content (AvgIpc) is 2.47. The Hall–Kier alpha value is -2.15. The van der Waals surface area contributed by atoms with Crippen molar-refractivity contribution < 1.29 is 4.79 Å². The van der Waals surface area contributed by atoms with Crippen molar-refractivity contribution in [3.8, 4) is 0 Å². The number of hydrogen-bond donors (Lipinski definition) is 0. The Morgan fingerprint density at radius 2 is 1.57 bits per heavy atom. The van der Waals surface area contributed by atoms with Crippen LogP contribution in [0, 0.1) is 20.8 Å². The SMILES string of the molecule is Cc1cccc(C)c1C=Cc1cccc(CCC=O)c1C. The third-order valence-corrected chi connectivity index (χ3v) is 3.99. The quantitative estimate of drug-likeness (QED) is 0.561. The van der Waals surface area contributed by atoms with Gasteiger partial charge in [0.05, 0.1) is 0 Å². The fraction of sp³-hybridized carbons (Fsp3) is 0.250. The fourth-order valence-electron chi connectivity index (χ4n) is 2.63. The molecule has 0 bridgehead atoms. The molecule has 2 aromatic rings. The van der Waals surface area contributed by atoms with Crippen LogP contribution in [0.3, 0.4) is 0 Å². The highest BCUT2D eigenvalue weighted by Gasteiger charge is 2.02. The molecule has 1 heteroatoms. The molecule has 0 spiro atoms. The number of aldehydes is 1. The maximum atomic E-state index is 10.5. The van der Waals surface area contributed by atoms with Crippen LogP contribution in [-0.4, -0.2) is 6.29 Å². The second-order valence-electron chi connectivity index (χ2n) is 5.48. The zero-order chi connectivity index (χ0) is 15.2. The third kappa shape index (κ3) is 3.69. The predicted octanol–water partition coefficient (Wildman–Crippen LogP) is 4.91. The molecular formula is C20H22O. The molecule has 0 aliphatic rings. The first-order valence-electron chi connectivity index (χ1n) is 7.40. The Bertz CT molecular complexity index is 645. The number of carbonyl (C=O) groups excluding carboxylic acids is 1. The van der Waals surface area contributed by atoms with Crippen molar-refractivity contribution in [3.63, 3.8) is 0 Å². The summed E-state index contributed by atoms with van der Waals surface area (Å²) in [4.78, 5) is 10.5. The molecule has 21 heavy (non-hydrogen) atoms. The summed E-state index contributed by atoms with van der Waals surface area (Å²) in [5, 5.41) is 0. The van der Waals surface area contributed by atoms with Crippen LogP contribution in [-0.2, 0) is 11.2 Å². The molecule has 1 nitrogen and oxygen atoms in total. The summed E-state index contributed by atoms with van der Waals surface area (Å²) in [6.45, 7) is 6.41. The summed E-state index contributed by atoms with van der Waals surface area (Å²) >= 11 is 0. The van der Waals surface area contributed by atoms with Gasteiger partial charge >= 0.3 is 0 Å². The van der Waals surface area contributed by atoms with Crippen LogP contribution < -0.4 is 0 Å². The van der Waals surface area contributed by atoms with Crippen LogP contribution in [0.1, 0.15) is 39.8 Å². The minimum absolute atomic E-state index is 0.588. The summed E-state index contributed by atoms with van der Waals surface area (Å²) in [5.41, 5.74) is 7.62. The van der Waals surface area contributed by atoms with E-state index >= 15 is 0 Å². The number of aryl methyl sites for hydroxylation is 3. The van der Waals surface area contributed by atoms with E-state index < -0.39 is 0 Å². The van der Waals surface area contributed by atoms with Crippen molar-refractivity contribution in [1.29, 1.82) is 0 Å². The smallest absolute Gasteiger partial charge is 0.120 e. The van der Waals surface area contributed by atoms with Gasteiger partial charge in [0, 0.05) is 6.42 Å². The summed E-state index contributed by atoms with van der Waals surface area (Å²) in [5.74, 6) is 0. The molecule has 2 aromatic carbocycles. The van der Waals surface area contributed by atoms with E-state index in [-0.39, 0.29) is 0 Å². The second kappa shape index (κ2) is 7.03. The minimum atomic E-state index is 0.588. The van der Waals surface area contributed by atoms with Gasteiger partial charge < -0.3 is 4.79 Å². The van der Waals surface area contributed by atoms with Crippen molar-refractivity contribution in [3.05, 3.63) is 69.8 Å². The molecule has 0 N–H and O–H groups in total. The summed E-state index contributed by atoms with van der Waals surface area (Å²) in [6, 6.07) is 12.7. The largest absolute Gasteiger partial charge is 0.303 e. The van der Waals surface area contributed by atoms with Crippen LogP contribution >= 0.6 is 0 Å². The van der Waals surface area contributed by atoms with Crippen molar-refractivity contribution in [2.45, 2.75) is 33.6 Å². The van der Waals surface area contributed by atoms with Gasteiger partial charge in [-0.15, -0.1) is 0 Å². The molecule has 0 atom stereocenters. The first-order valence-corrected chi connectivity index (χ1v) is 7.40. The van der Waals surface area contributed by atoms with E-state index in [2.05, 4.69) is 69.3 Å². The van der Waals surface area contributed by atoms with Crippen LogP contribution in [0.2, 0.25) is 0 Å². The second-order valence-corrected chi connectivity index (χ2v) is 5.48. The molecule has 0 aliphatic heterocycles. The van der Waals surface area contributed by atoms with Gasteiger partial charge in [-0.3, -0.25) is 0 Å². The van der Waals surface area contributed by atoms with E-state index in [0.717, 1.165) is 12.7 Å². The van der Waals surface area contributed by atoms with Crippen LogP contribution in [0.15, 0.2) is 36.4 Å². The summed E-state index contributed by atoms with van der Waals surface area (Å²) < 4.78 is 0. The maximum absolute atomic E-state index is 10.5. The van der Waals surface area contributed by atoms with E-state index in [1.54, 1.807) is 0 Å². The highest BCUT2D eigenvalue weighted by atomic mass is 16.1. The van der Waals surface area contributed by atoms with Gasteiger partial charge in [0.1, 0.15) is 6.29 Å². The lowest BCUT2D eigenvalue weighted by molar-refractivity contribution is -0.107. The Balaban J connectivity index is 2.31. The van der Waals surface area contributed by atoms with Gasteiger partial charge in [-0.25, -0.2) is 0 Å². The van der Waals surface area contributed by atoms with Crippen LogP contribution in [0.5, 0.6) is 0 Å². The van der Waals surface area contributed by atoms with Gasteiger partial charge in [0.15, 0.2) is 0 Å². The predicted molar refractivity (Wildman–Crippen MR) is 90.4 cm³/mol. The Kier molecular flexibility index (Phi) is 5.10. The molecule has 2 rings (SSSR count). The van der Waals surface area contributed by atoms with Gasteiger partial charge in [-0.2, -0.15) is 0 Å². The first-order chi connectivity index (χ1) is 10.1. The van der Waals surface area contributed by atoms with Crippen LogP contribution in [0.25, 0.3) is 12.2 Å². The Morgan fingerprint density at radius 1 is 0.905 bits per heavy atom. The number of hydrogen-bond acceptors (Lipinski definition) is 1. The number of rotatable bonds is 5. The van der Waals surface area contributed by atoms with E-state index in [9.17, 15) is 4.79 Å². The molecule has 0 saturated carbocycles. The molecule has 0 unspecified atom stereocenters. The number of carbonyl (C=O) groups is 1. The van der Waals surface area contributed by atoms with E-state index in [1.807, 2.05) is 0 Å². The molecule has 108 valence electrons. The minimum Gasteiger partial charge on any atom is -0.303 e. The molecule has 0 amide bonds. The van der Waals surface area contributed by atoms with Gasteiger partial charge in [-0.1, -0.05) is 48.6 Å². The van der Waals surface area contributed by atoms with Crippen molar-refractivity contribution in [2.75, 3.05) is 0 Å². The summed E-state index contributed by atoms with van der Waals surface area (Å²) in [6.07, 6.45) is 6.76. The molecule has 0 heterocycles. The monoisotopic (exact) mass is 278 g/mol. The maximum Gasteiger partial charge on any atom is 0.120 e. The fourth-order valence-corrected chi connectivity index (χ4v) is 2.63. The third-order valence-electron chi connectivity index (χ3n) is 3.99. The molecule has 0 aliphatic carbocycles. The Labute approximate surface area is 127 Å². The highest BCUT2D eigenvalue weighted by Crippen LogP contribution is 2.20. The van der Waals surface area contributed by atoms with Gasteiger partial charge in [0.25, 0.3) is 0 Å². The molecule has 0 fully saturated rings. The lowest BCUT2D eigenvalue weighted by atomic mass is 9.97. The van der Waals surface area contributed by atoms with E-state index in [4.69, 9.17) is 0 Å². The van der Waals surface area contributed by atoms with E-state index in [0.29, 0.717) is 6.42 Å².